The van der Waals surface area contributed by atoms with Crippen LogP contribution in [0.3, 0.4) is 0 Å². The number of alkyl halides is 2. The van der Waals surface area contributed by atoms with Crippen LogP contribution >= 0.6 is 0 Å². The van der Waals surface area contributed by atoms with E-state index >= 15 is 0 Å². The number of carbonyl (C=O) groups is 1. The van der Waals surface area contributed by atoms with Gasteiger partial charge in [0.1, 0.15) is 0 Å². The van der Waals surface area contributed by atoms with Crippen molar-refractivity contribution in [3.63, 3.8) is 0 Å². The van der Waals surface area contributed by atoms with Crippen LogP contribution in [0.25, 0.3) is 0 Å². The molecule has 1 rings (SSSR count). The fourth-order valence-corrected chi connectivity index (χ4v) is 0.777. The lowest BCUT2D eigenvalue weighted by Gasteiger charge is -1.95. The Hall–Kier alpha value is -1.46. The van der Waals surface area contributed by atoms with Crippen LogP contribution in [-0.4, -0.2) is 15.7 Å². The van der Waals surface area contributed by atoms with Crippen LogP contribution in [0.4, 0.5) is 8.78 Å². The molecule has 2 N–H and O–H groups in total. The van der Waals surface area contributed by atoms with Gasteiger partial charge in [-0.1, -0.05) is 0 Å². The van der Waals surface area contributed by atoms with Gasteiger partial charge in [0.15, 0.2) is 0 Å². The molecule has 0 fully saturated rings. The molecule has 4 nitrogen and oxygen atoms in total. The van der Waals surface area contributed by atoms with Gasteiger partial charge in [-0.15, -0.1) is 0 Å². The molecule has 0 aromatic carbocycles. The molecule has 0 atom stereocenters. The summed E-state index contributed by atoms with van der Waals surface area (Å²) in [4.78, 5) is 10.3. The normalized spacial score (nSPS) is 10.6. The first-order chi connectivity index (χ1) is 5.59. The highest BCUT2D eigenvalue weighted by Crippen LogP contribution is 2.09. The molecule has 0 radical (unpaired) electrons. The van der Waals surface area contributed by atoms with E-state index in [1.807, 2.05) is 0 Å². The third kappa shape index (κ3) is 2.01. The van der Waals surface area contributed by atoms with E-state index < -0.39 is 12.5 Å². The summed E-state index contributed by atoms with van der Waals surface area (Å²) in [5.74, 6) is -0.566. The number of hydrogen-bond acceptors (Lipinski definition) is 2. The molecular formula is C6H7F2N3O. The summed E-state index contributed by atoms with van der Waals surface area (Å²) in [6.45, 7) is -2.67. The van der Waals surface area contributed by atoms with Gasteiger partial charge in [-0.2, -0.15) is 13.9 Å². The molecule has 0 aliphatic heterocycles. The van der Waals surface area contributed by atoms with Gasteiger partial charge in [-0.25, -0.2) is 4.68 Å². The van der Waals surface area contributed by atoms with E-state index in [9.17, 15) is 13.6 Å². The van der Waals surface area contributed by atoms with Gasteiger partial charge in [0.25, 0.3) is 0 Å². The number of aromatic nitrogens is 2. The standard InChI is InChI=1S/C6H7F2N3O/c7-6(8)11-3-4(2-10-11)1-5(9)12/h2-3,6H,1H2,(H2,9,12). The third-order valence-corrected chi connectivity index (χ3v) is 1.23. The van der Waals surface area contributed by atoms with Crippen LogP contribution in [-0.2, 0) is 11.2 Å². The smallest absolute Gasteiger partial charge is 0.333 e. The first kappa shape index (κ1) is 8.63. The zero-order valence-electron chi connectivity index (χ0n) is 6.08. The predicted octanol–water partition coefficient (Wildman–Crippen LogP) is 0.306. The number of rotatable bonds is 3. The topological polar surface area (TPSA) is 60.9 Å². The minimum Gasteiger partial charge on any atom is -0.369 e. The first-order valence-electron chi connectivity index (χ1n) is 3.19. The van der Waals surface area contributed by atoms with Crippen molar-refractivity contribution >= 4 is 5.91 Å². The molecule has 1 aromatic rings. The lowest BCUT2D eigenvalue weighted by molar-refractivity contribution is -0.117. The van der Waals surface area contributed by atoms with E-state index in [-0.39, 0.29) is 6.42 Å². The second-order valence-electron chi connectivity index (χ2n) is 2.25. The number of carbonyl (C=O) groups excluding carboxylic acids is 1. The molecular weight excluding hydrogens is 168 g/mol. The van der Waals surface area contributed by atoms with E-state index in [4.69, 9.17) is 5.73 Å². The Bertz CT molecular complexity index is 284. The van der Waals surface area contributed by atoms with Crippen molar-refractivity contribution in [1.29, 1.82) is 0 Å². The van der Waals surface area contributed by atoms with E-state index in [1.165, 1.54) is 6.20 Å². The molecule has 0 aliphatic carbocycles. The lowest BCUT2D eigenvalue weighted by Crippen LogP contribution is -2.13. The average molecular weight is 175 g/mol. The Morgan fingerprint density at radius 3 is 2.83 bits per heavy atom. The molecule has 0 saturated heterocycles. The first-order valence-corrected chi connectivity index (χ1v) is 3.19. The van der Waals surface area contributed by atoms with Crippen molar-refractivity contribution < 1.29 is 13.6 Å². The Morgan fingerprint density at radius 1 is 1.75 bits per heavy atom. The van der Waals surface area contributed by atoms with Gasteiger partial charge >= 0.3 is 6.55 Å². The number of amides is 1. The molecule has 6 heteroatoms. The Labute approximate surface area is 67.0 Å². The van der Waals surface area contributed by atoms with Gasteiger partial charge in [-0.3, -0.25) is 4.79 Å². The highest BCUT2D eigenvalue weighted by Gasteiger charge is 2.08. The molecule has 0 spiro atoms. The van der Waals surface area contributed by atoms with E-state index in [0.29, 0.717) is 10.2 Å². The van der Waals surface area contributed by atoms with Gasteiger partial charge in [0, 0.05) is 6.20 Å². The SMILES string of the molecule is NC(=O)Cc1cnn(C(F)F)c1. The fraction of sp³-hybridized carbons (Fsp3) is 0.333. The Kier molecular flexibility index (Phi) is 2.37. The van der Waals surface area contributed by atoms with Crippen molar-refractivity contribution in [1.82, 2.24) is 9.78 Å². The molecule has 0 bridgehead atoms. The highest BCUT2D eigenvalue weighted by atomic mass is 19.3. The molecule has 12 heavy (non-hydrogen) atoms. The Morgan fingerprint density at radius 2 is 2.42 bits per heavy atom. The average Bonchev–Trinajstić information content (AvgIpc) is 2.34. The van der Waals surface area contributed by atoms with Gasteiger partial charge in [-0.05, 0) is 5.56 Å². The number of hydrogen-bond donors (Lipinski definition) is 1. The van der Waals surface area contributed by atoms with Crippen molar-refractivity contribution in [3.05, 3.63) is 18.0 Å². The minimum atomic E-state index is -2.67. The monoisotopic (exact) mass is 175 g/mol. The summed E-state index contributed by atoms with van der Waals surface area (Å²) in [5.41, 5.74) is 5.24. The van der Waals surface area contributed by atoms with Crippen LogP contribution in [0.15, 0.2) is 12.4 Å². The van der Waals surface area contributed by atoms with E-state index in [2.05, 4.69) is 5.10 Å². The maximum Gasteiger partial charge on any atom is 0.333 e. The predicted molar refractivity (Wildman–Crippen MR) is 36.4 cm³/mol. The van der Waals surface area contributed by atoms with Crippen LogP contribution in [0.5, 0.6) is 0 Å². The van der Waals surface area contributed by atoms with Crippen molar-refractivity contribution in [2.75, 3.05) is 0 Å². The number of nitrogens with two attached hydrogens (primary N) is 1. The van der Waals surface area contributed by atoms with Crippen LogP contribution in [0.2, 0.25) is 0 Å². The molecule has 0 saturated carbocycles. The number of halogens is 2. The second-order valence-corrected chi connectivity index (χ2v) is 2.25. The van der Waals surface area contributed by atoms with Gasteiger partial charge in [0.2, 0.25) is 5.91 Å². The van der Waals surface area contributed by atoms with Crippen LogP contribution in [0.1, 0.15) is 12.1 Å². The zero-order valence-corrected chi connectivity index (χ0v) is 6.08. The van der Waals surface area contributed by atoms with Gasteiger partial charge in [0.05, 0.1) is 12.6 Å². The van der Waals surface area contributed by atoms with Crippen molar-refractivity contribution in [3.8, 4) is 0 Å². The molecule has 66 valence electrons. The number of primary amides is 1. The quantitative estimate of drug-likeness (QED) is 0.718. The van der Waals surface area contributed by atoms with Crippen LogP contribution < -0.4 is 5.73 Å². The largest absolute Gasteiger partial charge is 0.369 e. The summed E-state index contributed by atoms with van der Waals surface area (Å²) in [5, 5.41) is 3.33. The molecule has 1 aromatic heterocycles. The van der Waals surface area contributed by atoms with Crippen molar-refractivity contribution in [2.24, 2.45) is 5.73 Å². The maximum atomic E-state index is 11.9. The summed E-state index contributed by atoms with van der Waals surface area (Å²) in [6, 6.07) is 0. The molecule has 1 amide bonds. The van der Waals surface area contributed by atoms with E-state index in [0.717, 1.165) is 6.20 Å². The third-order valence-electron chi connectivity index (χ3n) is 1.23. The van der Waals surface area contributed by atoms with Gasteiger partial charge < -0.3 is 5.73 Å². The maximum absolute atomic E-state index is 11.9. The summed E-state index contributed by atoms with van der Waals surface area (Å²) < 4.78 is 24.3. The lowest BCUT2D eigenvalue weighted by atomic mass is 10.2. The summed E-state index contributed by atoms with van der Waals surface area (Å²) >= 11 is 0. The summed E-state index contributed by atoms with van der Waals surface area (Å²) in [6.07, 6.45) is 2.22. The number of nitrogens with zero attached hydrogens (tertiary/aromatic N) is 2. The molecule has 0 unspecified atom stereocenters. The molecule has 0 aliphatic rings. The highest BCUT2D eigenvalue weighted by molar-refractivity contribution is 5.76. The fourth-order valence-electron chi connectivity index (χ4n) is 0.777. The zero-order chi connectivity index (χ0) is 9.14. The minimum absolute atomic E-state index is 0.0628. The summed E-state index contributed by atoms with van der Waals surface area (Å²) in [7, 11) is 0. The van der Waals surface area contributed by atoms with E-state index in [1.54, 1.807) is 0 Å². The Balaban J connectivity index is 2.70. The van der Waals surface area contributed by atoms with Crippen LogP contribution in [0, 0.1) is 0 Å². The second kappa shape index (κ2) is 3.29. The van der Waals surface area contributed by atoms with Crippen molar-refractivity contribution in [2.45, 2.75) is 13.0 Å². The molecule has 1 heterocycles.